The third-order valence-electron chi connectivity index (χ3n) is 5.30. The van der Waals surface area contributed by atoms with Crippen LogP contribution in [0, 0.1) is 5.41 Å². The molecule has 1 unspecified atom stereocenters. The van der Waals surface area contributed by atoms with Gasteiger partial charge < -0.3 is 9.64 Å². The highest BCUT2D eigenvalue weighted by Gasteiger charge is 2.47. The fourth-order valence-corrected chi connectivity index (χ4v) is 6.29. The van der Waals surface area contributed by atoms with E-state index in [-0.39, 0.29) is 5.41 Å². The van der Waals surface area contributed by atoms with E-state index in [1.165, 1.54) is 5.56 Å². The first kappa shape index (κ1) is 17.4. The lowest BCUT2D eigenvalue weighted by Crippen LogP contribution is -2.36. The van der Waals surface area contributed by atoms with E-state index in [9.17, 15) is 0 Å². The van der Waals surface area contributed by atoms with Gasteiger partial charge in [0.15, 0.2) is 0 Å². The highest BCUT2D eigenvalue weighted by Crippen LogP contribution is 2.48. The van der Waals surface area contributed by atoms with Crippen LogP contribution in [0.3, 0.4) is 0 Å². The molecule has 1 fully saturated rings. The molecule has 1 heterocycles. The molecular weight excluding hydrogens is 330 g/mol. The van der Waals surface area contributed by atoms with Gasteiger partial charge in [-0.15, -0.1) is 0 Å². The van der Waals surface area contributed by atoms with E-state index in [2.05, 4.69) is 55.9 Å². The summed E-state index contributed by atoms with van der Waals surface area (Å²) in [6.45, 7) is 8.34. The summed E-state index contributed by atoms with van der Waals surface area (Å²) >= 11 is 5.91. The number of nitrogens with zero attached hydrogens (tertiary/aromatic N) is 1. The van der Waals surface area contributed by atoms with Crippen molar-refractivity contribution in [2.75, 3.05) is 20.7 Å². The molecule has 1 aliphatic heterocycles. The van der Waals surface area contributed by atoms with Crippen LogP contribution in [0.15, 0.2) is 47.2 Å². The van der Waals surface area contributed by atoms with Crippen LogP contribution < -0.4 is 4.74 Å². The molecule has 0 aromatic heterocycles. The minimum Gasteiger partial charge on any atom is -0.497 e. The van der Waals surface area contributed by atoms with Crippen molar-refractivity contribution in [2.45, 2.75) is 32.5 Å². The van der Waals surface area contributed by atoms with Gasteiger partial charge in [-0.1, -0.05) is 61.3 Å². The van der Waals surface area contributed by atoms with Crippen LogP contribution in [0.4, 0.5) is 0 Å². The molecule has 4 heteroatoms. The molecule has 24 heavy (non-hydrogen) atoms. The first-order valence-corrected chi connectivity index (χ1v) is 12.5. The third-order valence-corrected chi connectivity index (χ3v) is 8.29. The molecule has 2 aliphatic rings. The van der Waals surface area contributed by atoms with Gasteiger partial charge >= 0.3 is 0 Å². The molecule has 1 aliphatic carbocycles. The van der Waals surface area contributed by atoms with Crippen molar-refractivity contribution in [3.8, 4) is 5.75 Å². The van der Waals surface area contributed by atoms with Crippen molar-refractivity contribution in [2.24, 2.45) is 5.41 Å². The summed E-state index contributed by atoms with van der Waals surface area (Å²) < 4.78 is 5.29. The van der Waals surface area contributed by atoms with E-state index >= 15 is 0 Å². The summed E-state index contributed by atoms with van der Waals surface area (Å²) in [5.74, 6) is 0.903. The van der Waals surface area contributed by atoms with Crippen molar-refractivity contribution < 1.29 is 4.74 Å². The molecule has 0 amide bonds. The van der Waals surface area contributed by atoms with Crippen LogP contribution >= 0.6 is 12.2 Å². The van der Waals surface area contributed by atoms with Gasteiger partial charge in [-0.05, 0) is 36.1 Å². The Morgan fingerprint density at radius 3 is 2.46 bits per heavy atom. The van der Waals surface area contributed by atoms with Gasteiger partial charge in [0.2, 0.25) is 0 Å². The van der Waals surface area contributed by atoms with Gasteiger partial charge in [-0.2, -0.15) is 0 Å². The van der Waals surface area contributed by atoms with Crippen molar-refractivity contribution in [3.05, 3.63) is 52.8 Å². The summed E-state index contributed by atoms with van der Waals surface area (Å²) in [7, 11) is 2.49. The predicted molar refractivity (Wildman–Crippen MR) is 108 cm³/mol. The van der Waals surface area contributed by atoms with Gasteiger partial charge in [-0.25, -0.2) is 0 Å². The second kappa shape index (κ2) is 6.16. The first-order valence-electron chi connectivity index (χ1n) is 8.57. The van der Waals surface area contributed by atoms with Crippen LogP contribution in [0.1, 0.15) is 12.0 Å². The summed E-state index contributed by atoms with van der Waals surface area (Å²) in [5, 5.41) is 1.69. The Labute approximate surface area is 152 Å². The molecule has 0 bridgehead atoms. The topological polar surface area (TPSA) is 12.5 Å². The molecule has 1 atom stereocenters. The minimum atomic E-state index is -1.36. The van der Waals surface area contributed by atoms with E-state index in [0.29, 0.717) is 0 Å². The van der Waals surface area contributed by atoms with Gasteiger partial charge in [0, 0.05) is 13.6 Å². The van der Waals surface area contributed by atoms with E-state index < -0.39 is 8.07 Å². The summed E-state index contributed by atoms with van der Waals surface area (Å²) in [6, 6.07) is 8.43. The zero-order valence-corrected chi connectivity index (χ0v) is 17.2. The number of methoxy groups -OCH3 is 1. The number of hydrogen-bond donors (Lipinski definition) is 0. The number of thiocarbonyl (C=S) groups is 1. The predicted octanol–water partition coefficient (Wildman–Crippen LogP) is 4.63. The number of rotatable bonds is 4. The normalized spacial score (nSPS) is 23.7. The highest BCUT2D eigenvalue weighted by molar-refractivity contribution is 7.80. The standard InChI is InChI=1S/C20H27NOSSi/c1-21-14-17-18(24(3,4)5)7-6-12-20(17,19(21)23)13-15-8-10-16(22-2)11-9-15/h6,8-12H,7,13-14H2,1-5H3. The van der Waals surface area contributed by atoms with Crippen molar-refractivity contribution >= 4 is 25.3 Å². The fourth-order valence-electron chi connectivity index (χ4n) is 4.02. The summed E-state index contributed by atoms with van der Waals surface area (Å²) in [4.78, 5) is 3.34. The molecule has 0 radical (unpaired) electrons. The molecule has 128 valence electrons. The minimum absolute atomic E-state index is 0.105. The number of likely N-dealkylation sites (N-methyl/N-ethyl adjacent to an activating group) is 1. The molecule has 3 rings (SSSR count). The Kier molecular flexibility index (Phi) is 4.47. The second-order valence-corrected chi connectivity index (χ2v) is 13.5. The van der Waals surface area contributed by atoms with Crippen molar-refractivity contribution in [1.29, 1.82) is 0 Å². The van der Waals surface area contributed by atoms with Gasteiger partial charge in [-0.3, -0.25) is 0 Å². The lowest BCUT2D eigenvalue weighted by atomic mass is 9.74. The van der Waals surface area contributed by atoms with Crippen LogP contribution in [0.5, 0.6) is 5.75 Å². The Bertz CT molecular complexity index is 714. The molecule has 1 aromatic carbocycles. The zero-order chi connectivity index (χ0) is 17.5. The number of likely N-dealkylation sites (tertiary alicyclic amines) is 1. The van der Waals surface area contributed by atoms with Gasteiger partial charge in [0.1, 0.15) is 5.75 Å². The molecule has 1 saturated heterocycles. The smallest absolute Gasteiger partial charge is 0.118 e. The van der Waals surface area contributed by atoms with Gasteiger partial charge in [0.05, 0.1) is 25.6 Å². The Morgan fingerprint density at radius 2 is 1.88 bits per heavy atom. The maximum absolute atomic E-state index is 5.91. The van der Waals surface area contributed by atoms with E-state index in [4.69, 9.17) is 17.0 Å². The SMILES string of the molecule is COc1ccc(CC23C=CCC([Si](C)(C)C)=C2CN(C)C3=S)cc1. The van der Waals surface area contributed by atoms with Gasteiger partial charge in [0.25, 0.3) is 0 Å². The Morgan fingerprint density at radius 1 is 1.21 bits per heavy atom. The first-order chi connectivity index (χ1) is 11.3. The number of fused-ring (bicyclic) bond motifs is 1. The number of ether oxygens (including phenoxy) is 1. The van der Waals surface area contributed by atoms with Crippen molar-refractivity contribution in [1.82, 2.24) is 4.90 Å². The molecule has 2 nitrogen and oxygen atoms in total. The molecule has 0 spiro atoms. The fraction of sp³-hybridized carbons (Fsp3) is 0.450. The van der Waals surface area contributed by atoms with Crippen LogP contribution in [0.25, 0.3) is 0 Å². The quantitative estimate of drug-likeness (QED) is 0.443. The lowest BCUT2D eigenvalue weighted by Gasteiger charge is -2.36. The largest absolute Gasteiger partial charge is 0.497 e. The lowest BCUT2D eigenvalue weighted by molar-refractivity contribution is 0.414. The third kappa shape index (κ3) is 2.86. The summed E-state index contributed by atoms with van der Waals surface area (Å²) in [5.41, 5.74) is 2.78. The van der Waals surface area contributed by atoms with Crippen LogP contribution in [-0.2, 0) is 6.42 Å². The summed E-state index contributed by atoms with van der Waals surface area (Å²) in [6.07, 6.45) is 6.78. The highest BCUT2D eigenvalue weighted by atomic mass is 32.1. The zero-order valence-electron chi connectivity index (χ0n) is 15.3. The molecule has 0 N–H and O–H groups in total. The number of allylic oxidation sites excluding steroid dienone is 2. The van der Waals surface area contributed by atoms with Crippen LogP contribution in [-0.4, -0.2) is 38.7 Å². The number of benzene rings is 1. The monoisotopic (exact) mass is 357 g/mol. The maximum atomic E-state index is 5.91. The molecule has 0 saturated carbocycles. The van der Waals surface area contributed by atoms with E-state index in [0.717, 1.165) is 30.1 Å². The van der Waals surface area contributed by atoms with Crippen molar-refractivity contribution in [3.63, 3.8) is 0 Å². The number of hydrogen-bond acceptors (Lipinski definition) is 2. The van der Waals surface area contributed by atoms with E-state index in [1.807, 2.05) is 12.1 Å². The second-order valence-electron chi connectivity index (χ2n) is 7.97. The maximum Gasteiger partial charge on any atom is 0.118 e. The molecule has 1 aromatic rings. The Hall–Kier alpha value is -1.39. The Balaban J connectivity index is 2.06. The molecular formula is C20H27NOSSi. The average molecular weight is 358 g/mol. The van der Waals surface area contributed by atoms with E-state index in [1.54, 1.807) is 17.9 Å². The van der Waals surface area contributed by atoms with Crippen LogP contribution in [0.2, 0.25) is 19.6 Å². The average Bonchev–Trinajstić information content (AvgIpc) is 2.79.